The first-order valence-corrected chi connectivity index (χ1v) is 7.25. The van der Waals surface area contributed by atoms with Crippen molar-refractivity contribution >= 4 is 11.9 Å². The van der Waals surface area contributed by atoms with Gasteiger partial charge in [-0.3, -0.25) is 4.79 Å². The molecule has 0 heterocycles. The van der Waals surface area contributed by atoms with Gasteiger partial charge in [-0.05, 0) is 31.4 Å². The summed E-state index contributed by atoms with van der Waals surface area (Å²) in [6.07, 6.45) is 1.98. The maximum atomic E-state index is 11.7. The molecule has 0 aliphatic carbocycles. The van der Waals surface area contributed by atoms with Gasteiger partial charge in [0.15, 0.2) is 0 Å². The molecule has 0 saturated carbocycles. The summed E-state index contributed by atoms with van der Waals surface area (Å²) in [6.45, 7) is 4.28. The molecular weight excluding hydrogens is 270 g/mol. The molecular formula is C16H23NO4. The highest BCUT2D eigenvalue weighted by Crippen LogP contribution is 2.16. The zero-order valence-corrected chi connectivity index (χ0v) is 12.6. The minimum absolute atomic E-state index is 0.246. The average molecular weight is 293 g/mol. The van der Waals surface area contributed by atoms with Crippen LogP contribution in [0.1, 0.15) is 38.2 Å². The third kappa shape index (κ3) is 6.29. The van der Waals surface area contributed by atoms with Crippen molar-refractivity contribution < 1.29 is 19.4 Å². The molecule has 5 nitrogen and oxygen atoms in total. The minimum Gasteiger partial charge on any atom is -0.493 e. The van der Waals surface area contributed by atoms with Crippen LogP contribution in [0.2, 0.25) is 0 Å². The van der Waals surface area contributed by atoms with Gasteiger partial charge in [0.2, 0.25) is 5.91 Å². The molecule has 0 aliphatic rings. The van der Waals surface area contributed by atoms with Gasteiger partial charge in [0.1, 0.15) is 11.8 Å². The molecule has 1 aromatic carbocycles. The molecule has 21 heavy (non-hydrogen) atoms. The Morgan fingerprint density at radius 3 is 2.67 bits per heavy atom. The smallest absolute Gasteiger partial charge is 0.326 e. The normalized spacial score (nSPS) is 11.7. The zero-order valence-electron chi connectivity index (χ0n) is 12.6. The Kier molecular flexibility index (Phi) is 7.29. The number of carbonyl (C=O) groups is 2. The van der Waals surface area contributed by atoms with Crippen molar-refractivity contribution in [2.75, 3.05) is 6.61 Å². The number of carbonyl (C=O) groups excluding carboxylic acids is 1. The number of carboxylic acid groups (broad SMARTS) is 1. The standard InChI is InChI=1S/C16H23NO4/c1-3-7-13(16(19)20)17-15(18)10-6-11-21-14-9-5-4-8-12(14)2/h4-5,8-9,13H,3,6-7,10-11H2,1-2H3,(H,17,18)(H,19,20). The fourth-order valence-electron chi connectivity index (χ4n) is 1.95. The van der Waals surface area contributed by atoms with Crippen molar-refractivity contribution in [1.29, 1.82) is 0 Å². The quantitative estimate of drug-likeness (QED) is 0.686. The van der Waals surface area contributed by atoms with Crippen molar-refractivity contribution in [3.8, 4) is 5.75 Å². The highest BCUT2D eigenvalue weighted by molar-refractivity contribution is 5.83. The average Bonchev–Trinajstić information content (AvgIpc) is 2.44. The molecule has 0 aromatic heterocycles. The first kappa shape index (κ1) is 17.0. The van der Waals surface area contributed by atoms with Crippen LogP contribution >= 0.6 is 0 Å². The minimum atomic E-state index is -0.985. The van der Waals surface area contributed by atoms with Crippen LogP contribution in [-0.2, 0) is 9.59 Å². The first-order valence-electron chi connectivity index (χ1n) is 7.25. The highest BCUT2D eigenvalue weighted by Gasteiger charge is 2.18. The molecule has 1 amide bonds. The van der Waals surface area contributed by atoms with Crippen LogP contribution in [0.5, 0.6) is 5.75 Å². The van der Waals surface area contributed by atoms with E-state index >= 15 is 0 Å². The third-order valence-corrected chi connectivity index (χ3v) is 3.11. The molecule has 0 aliphatic heterocycles. The predicted octanol–water partition coefficient (Wildman–Crippen LogP) is 2.52. The van der Waals surface area contributed by atoms with E-state index in [1.165, 1.54) is 0 Å². The number of hydrogen-bond acceptors (Lipinski definition) is 3. The maximum Gasteiger partial charge on any atom is 0.326 e. The number of ether oxygens (including phenoxy) is 1. The van der Waals surface area contributed by atoms with E-state index < -0.39 is 12.0 Å². The molecule has 116 valence electrons. The monoisotopic (exact) mass is 293 g/mol. The Morgan fingerprint density at radius 1 is 1.33 bits per heavy atom. The third-order valence-electron chi connectivity index (χ3n) is 3.11. The Hall–Kier alpha value is -2.04. The van der Waals surface area contributed by atoms with Gasteiger partial charge < -0.3 is 15.2 Å². The lowest BCUT2D eigenvalue weighted by atomic mass is 10.1. The fraction of sp³-hybridized carbons (Fsp3) is 0.500. The summed E-state index contributed by atoms with van der Waals surface area (Å²) in [6, 6.07) is 6.90. The Labute approximate surface area is 125 Å². The number of aryl methyl sites for hydroxylation is 1. The lowest BCUT2D eigenvalue weighted by molar-refractivity contribution is -0.142. The molecule has 1 unspecified atom stereocenters. The van der Waals surface area contributed by atoms with Crippen LogP contribution in [0.3, 0.4) is 0 Å². The van der Waals surface area contributed by atoms with E-state index in [1.807, 2.05) is 38.1 Å². The number of amides is 1. The molecule has 0 saturated heterocycles. The number of benzene rings is 1. The molecule has 5 heteroatoms. The lowest BCUT2D eigenvalue weighted by Gasteiger charge is -2.13. The van der Waals surface area contributed by atoms with Gasteiger partial charge in [-0.1, -0.05) is 31.5 Å². The van der Waals surface area contributed by atoms with Gasteiger partial charge in [0.25, 0.3) is 0 Å². The topological polar surface area (TPSA) is 75.6 Å². The summed E-state index contributed by atoms with van der Waals surface area (Å²) in [5, 5.41) is 11.5. The van der Waals surface area contributed by atoms with Gasteiger partial charge in [0.05, 0.1) is 6.61 Å². The van der Waals surface area contributed by atoms with Crippen LogP contribution in [-0.4, -0.2) is 29.6 Å². The molecule has 1 rings (SSSR count). The van der Waals surface area contributed by atoms with Crippen LogP contribution in [0, 0.1) is 6.92 Å². The van der Waals surface area contributed by atoms with E-state index in [4.69, 9.17) is 9.84 Å². The van der Waals surface area contributed by atoms with Crippen LogP contribution < -0.4 is 10.1 Å². The molecule has 1 aromatic rings. The van der Waals surface area contributed by atoms with E-state index in [0.717, 1.165) is 11.3 Å². The maximum absolute atomic E-state index is 11.7. The number of hydrogen-bond donors (Lipinski definition) is 2. The van der Waals surface area contributed by atoms with Crippen LogP contribution in [0.25, 0.3) is 0 Å². The van der Waals surface area contributed by atoms with Crippen molar-refractivity contribution in [3.63, 3.8) is 0 Å². The van der Waals surface area contributed by atoms with Gasteiger partial charge in [-0.15, -0.1) is 0 Å². The van der Waals surface area contributed by atoms with Gasteiger partial charge in [0, 0.05) is 6.42 Å². The second kappa shape index (κ2) is 9.00. The van der Waals surface area contributed by atoms with Crippen molar-refractivity contribution in [2.24, 2.45) is 0 Å². The van der Waals surface area contributed by atoms with E-state index in [0.29, 0.717) is 25.9 Å². The first-order chi connectivity index (χ1) is 10.0. The van der Waals surface area contributed by atoms with E-state index in [1.54, 1.807) is 0 Å². The molecule has 0 spiro atoms. The van der Waals surface area contributed by atoms with Gasteiger partial charge in [-0.25, -0.2) is 4.79 Å². The summed E-state index contributed by atoms with van der Waals surface area (Å²) in [7, 11) is 0. The number of para-hydroxylation sites is 1. The van der Waals surface area contributed by atoms with Crippen molar-refractivity contribution in [3.05, 3.63) is 29.8 Å². The number of aliphatic carboxylic acids is 1. The number of rotatable bonds is 9. The molecule has 0 radical (unpaired) electrons. The number of carboxylic acids is 1. The summed E-state index contributed by atoms with van der Waals surface area (Å²) < 4.78 is 5.59. The summed E-state index contributed by atoms with van der Waals surface area (Å²) >= 11 is 0. The number of nitrogens with one attached hydrogen (secondary N) is 1. The Balaban J connectivity index is 2.27. The lowest BCUT2D eigenvalue weighted by Crippen LogP contribution is -2.40. The van der Waals surface area contributed by atoms with Crippen LogP contribution in [0.4, 0.5) is 0 Å². The highest BCUT2D eigenvalue weighted by atomic mass is 16.5. The second-order valence-electron chi connectivity index (χ2n) is 4.96. The fourth-order valence-corrected chi connectivity index (χ4v) is 1.95. The Bertz CT molecular complexity index is 473. The molecule has 2 N–H and O–H groups in total. The summed E-state index contributed by atoms with van der Waals surface area (Å²) in [5.41, 5.74) is 1.05. The molecule has 0 bridgehead atoms. The largest absolute Gasteiger partial charge is 0.493 e. The van der Waals surface area contributed by atoms with E-state index in [-0.39, 0.29) is 12.3 Å². The Morgan fingerprint density at radius 2 is 2.05 bits per heavy atom. The van der Waals surface area contributed by atoms with Crippen molar-refractivity contribution in [1.82, 2.24) is 5.32 Å². The second-order valence-corrected chi connectivity index (χ2v) is 4.96. The predicted molar refractivity (Wildman–Crippen MR) is 80.4 cm³/mol. The zero-order chi connectivity index (χ0) is 15.7. The van der Waals surface area contributed by atoms with Gasteiger partial charge in [-0.2, -0.15) is 0 Å². The van der Waals surface area contributed by atoms with Crippen LogP contribution in [0.15, 0.2) is 24.3 Å². The van der Waals surface area contributed by atoms with Gasteiger partial charge >= 0.3 is 5.97 Å². The molecule has 1 atom stereocenters. The summed E-state index contributed by atoms with van der Waals surface area (Å²) in [4.78, 5) is 22.6. The SMILES string of the molecule is CCCC(NC(=O)CCCOc1ccccc1C)C(=O)O. The van der Waals surface area contributed by atoms with Crippen molar-refractivity contribution in [2.45, 2.75) is 45.6 Å². The molecule has 0 fully saturated rings. The summed E-state index contributed by atoms with van der Waals surface area (Å²) in [5.74, 6) is -0.419. The van der Waals surface area contributed by atoms with E-state index in [9.17, 15) is 9.59 Å². The van der Waals surface area contributed by atoms with E-state index in [2.05, 4.69) is 5.32 Å².